The Balaban J connectivity index is 2.49. The first-order chi connectivity index (χ1) is 7.33. The van der Waals surface area contributed by atoms with E-state index in [1.807, 2.05) is 18.2 Å². The van der Waals surface area contributed by atoms with Gasteiger partial charge in [-0.1, -0.05) is 18.2 Å². The lowest BCUT2D eigenvalue weighted by Gasteiger charge is -2.05. The highest BCUT2D eigenvalue weighted by Gasteiger charge is 2.04. The van der Waals surface area contributed by atoms with E-state index in [4.69, 9.17) is 0 Å². The van der Waals surface area contributed by atoms with Crippen molar-refractivity contribution in [1.29, 1.82) is 0 Å². The van der Waals surface area contributed by atoms with E-state index in [1.165, 1.54) is 10.1 Å². The van der Waals surface area contributed by atoms with Gasteiger partial charge in [0.15, 0.2) is 5.43 Å². The number of rotatable bonds is 0. The Labute approximate surface area is 91.0 Å². The lowest BCUT2D eigenvalue weighted by atomic mass is 10.1. The third-order valence-electron chi connectivity index (χ3n) is 2.43. The van der Waals surface area contributed by atoms with Crippen molar-refractivity contribution < 1.29 is 0 Å². The lowest BCUT2D eigenvalue weighted by Crippen LogP contribution is -1.96. The molecular formula is C13H8OS. The summed E-state index contributed by atoms with van der Waals surface area (Å²) in [4.78, 5) is 12.3. The summed E-state index contributed by atoms with van der Waals surface area (Å²) < 4.78 is 1.22. The van der Waals surface area contributed by atoms with Gasteiger partial charge in [-0.15, -0.1) is 11.3 Å². The van der Waals surface area contributed by atoms with Gasteiger partial charge in [-0.05, 0) is 35.2 Å². The topological polar surface area (TPSA) is 17.1 Å². The molecule has 1 aliphatic heterocycles. The normalized spacial score (nSPS) is 10.9. The quantitative estimate of drug-likeness (QED) is 0.522. The van der Waals surface area contributed by atoms with Crippen LogP contribution in [0.3, 0.4) is 0 Å². The zero-order valence-corrected chi connectivity index (χ0v) is 8.75. The van der Waals surface area contributed by atoms with E-state index in [1.54, 1.807) is 23.5 Å². The molecule has 1 heterocycles. The van der Waals surface area contributed by atoms with Crippen LogP contribution in [0.5, 0.6) is 0 Å². The van der Waals surface area contributed by atoms with E-state index in [0.29, 0.717) is 0 Å². The van der Waals surface area contributed by atoms with E-state index in [-0.39, 0.29) is 5.43 Å². The van der Waals surface area contributed by atoms with Crippen molar-refractivity contribution in [3.63, 3.8) is 0 Å². The maximum atomic E-state index is 11.2. The Hall–Kier alpha value is -1.67. The summed E-state index contributed by atoms with van der Waals surface area (Å²) in [5.74, 6) is 0. The van der Waals surface area contributed by atoms with E-state index in [2.05, 4.69) is 18.2 Å². The first kappa shape index (κ1) is 8.62. The molecule has 1 aromatic carbocycles. The molecule has 2 heteroatoms. The van der Waals surface area contributed by atoms with E-state index >= 15 is 0 Å². The molecule has 72 valence electrons. The summed E-state index contributed by atoms with van der Waals surface area (Å²) in [6.07, 6.45) is 0. The highest BCUT2D eigenvalue weighted by atomic mass is 32.1. The van der Waals surface area contributed by atoms with Gasteiger partial charge in [-0.2, -0.15) is 0 Å². The Bertz CT molecular complexity index is 654. The fourth-order valence-corrected chi connectivity index (χ4v) is 2.75. The average Bonchev–Trinajstić information content (AvgIpc) is 2.26. The molecule has 0 saturated heterocycles. The van der Waals surface area contributed by atoms with Gasteiger partial charge >= 0.3 is 0 Å². The first-order valence-electron chi connectivity index (χ1n) is 4.76. The summed E-state index contributed by atoms with van der Waals surface area (Å²) in [6.45, 7) is 0. The Kier molecular flexibility index (Phi) is 1.82. The molecular weight excluding hydrogens is 204 g/mol. The first-order valence-corrected chi connectivity index (χ1v) is 5.57. The molecule has 0 fully saturated rings. The number of hydrogen-bond acceptors (Lipinski definition) is 2. The van der Waals surface area contributed by atoms with Crippen molar-refractivity contribution in [2.45, 2.75) is 0 Å². The van der Waals surface area contributed by atoms with E-state index < -0.39 is 0 Å². The molecule has 0 amide bonds. The number of hydrogen-bond donors (Lipinski definition) is 0. The van der Waals surface area contributed by atoms with Crippen LogP contribution in [0.4, 0.5) is 0 Å². The second-order valence-corrected chi connectivity index (χ2v) is 4.57. The third kappa shape index (κ3) is 1.43. The Morgan fingerprint density at radius 3 is 2.73 bits per heavy atom. The number of benzene rings is 2. The van der Waals surface area contributed by atoms with Gasteiger partial charge in [0.1, 0.15) is 0 Å². The van der Waals surface area contributed by atoms with Crippen molar-refractivity contribution in [3.05, 3.63) is 58.8 Å². The number of fused-ring (bicyclic) bond motifs is 2. The second-order valence-electron chi connectivity index (χ2n) is 3.48. The highest BCUT2D eigenvalue weighted by Crippen LogP contribution is 2.31. The van der Waals surface area contributed by atoms with Crippen molar-refractivity contribution >= 4 is 21.4 Å². The molecule has 0 bridgehead atoms. The summed E-state index contributed by atoms with van der Waals surface area (Å²) in [7, 11) is 0. The smallest absolute Gasteiger partial charge is 0.180 e. The maximum Gasteiger partial charge on any atom is 0.180 e. The van der Waals surface area contributed by atoms with Crippen LogP contribution in [0, 0.1) is 0 Å². The minimum atomic E-state index is 0.0778. The molecule has 0 atom stereocenters. The van der Waals surface area contributed by atoms with Crippen LogP contribution >= 0.6 is 11.3 Å². The molecule has 1 aliphatic carbocycles. The standard InChI is InChI=1S/C13H8OS/c14-11-6-5-10-7-9-3-1-2-4-12(9)15-13(10)8-11/h1-8H. The van der Waals surface area contributed by atoms with Gasteiger partial charge in [0, 0.05) is 15.6 Å². The molecule has 0 N–H and O–H groups in total. The van der Waals surface area contributed by atoms with Crippen molar-refractivity contribution in [2.75, 3.05) is 0 Å². The highest BCUT2D eigenvalue weighted by molar-refractivity contribution is 7.21. The van der Waals surface area contributed by atoms with Crippen LogP contribution in [0.2, 0.25) is 0 Å². The van der Waals surface area contributed by atoms with Crippen LogP contribution in [-0.2, 0) is 0 Å². The van der Waals surface area contributed by atoms with E-state index in [0.717, 1.165) is 10.4 Å². The molecule has 1 nitrogen and oxygen atoms in total. The zero-order chi connectivity index (χ0) is 10.3. The van der Waals surface area contributed by atoms with Gasteiger partial charge < -0.3 is 0 Å². The Morgan fingerprint density at radius 2 is 1.80 bits per heavy atom. The van der Waals surface area contributed by atoms with Crippen LogP contribution < -0.4 is 5.43 Å². The molecule has 0 aromatic heterocycles. The maximum absolute atomic E-state index is 11.2. The molecule has 0 radical (unpaired) electrons. The summed E-state index contributed by atoms with van der Waals surface area (Å²) in [5, 5.41) is 1.23. The second kappa shape index (κ2) is 3.17. The van der Waals surface area contributed by atoms with E-state index in [9.17, 15) is 4.79 Å². The van der Waals surface area contributed by atoms with Gasteiger partial charge in [0.2, 0.25) is 0 Å². The van der Waals surface area contributed by atoms with Crippen molar-refractivity contribution in [1.82, 2.24) is 0 Å². The summed E-state index contributed by atoms with van der Waals surface area (Å²) in [5.41, 5.74) is 1.22. The molecule has 3 rings (SSSR count). The van der Waals surface area contributed by atoms with Crippen LogP contribution in [0.1, 0.15) is 0 Å². The SMILES string of the molecule is O=c1ccc2cc3ccccc3sc-2c1. The molecule has 0 unspecified atom stereocenters. The molecule has 15 heavy (non-hydrogen) atoms. The summed E-state index contributed by atoms with van der Waals surface area (Å²) >= 11 is 1.67. The molecule has 1 aromatic rings. The average molecular weight is 212 g/mol. The minimum Gasteiger partial charge on any atom is -0.290 e. The van der Waals surface area contributed by atoms with Crippen LogP contribution in [0.25, 0.3) is 20.5 Å². The van der Waals surface area contributed by atoms with Gasteiger partial charge in [0.25, 0.3) is 0 Å². The molecule has 2 aliphatic rings. The monoisotopic (exact) mass is 212 g/mol. The molecule has 0 saturated carbocycles. The third-order valence-corrected chi connectivity index (χ3v) is 3.60. The zero-order valence-electron chi connectivity index (χ0n) is 7.94. The van der Waals surface area contributed by atoms with Crippen LogP contribution in [-0.4, -0.2) is 0 Å². The van der Waals surface area contributed by atoms with Crippen molar-refractivity contribution in [3.8, 4) is 10.4 Å². The Morgan fingerprint density at radius 1 is 0.933 bits per heavy atom. The fourth-order valence-electron chi connectivity index (χ4n) is 1.70. The minimum absolute atomic E-state index is 0.0778. The van der Waals surface area contributed by atoms with Gasteiger partial charge in [-0.3, -0.25) is 4.79 Å². The largest absolute Gasteiger partial charge is 0.290 e. The summed E-state index contributed by atoms with van der Waals surface area (Å²) in [6, 6.07) is 15.6. The lowest BCUT2D eigenvalue weighted by molar-refractivity contribution is 1.60. The predicted octanol–water partition coefficient (Wildman–Crippen LogP) is 3.37. The van der Waals surface area contributed by atoms with Gasteiger partial charge in [0.05, 0.1) is 0 Å². The van der Waals surface area contributed by atoms with Gasteiger partial charge in [-0.25, -0.2) is 0 Å². The van der Waals surface area contributed by atoms with Crippen LogP contribution in [0.15, 0.2) is 53.3 Å². The predicted molar refractivity (Wildman–Crippen MR) is 64.7 cm³/mol. The molecule has 0 spiro atoms. The van der Waals surface area contributed by atoms with Crippen molar-refractivity contribution in [2.24, 2.45) is 0 Å². The fraction of sp³-hybridized carbons (Fsp3) is 0.